The number of aryl methyl sites for hydroxylation is 3. The van der Waals surface area contributed by atoms with E-state index < -0.39 is 0 Å². The van der Waals surface area contributed by atoms with Crippen LogP contribution < -0.4 is 10.6 Å². The first-order chi connectivity index (χ1) is 11.7. The summed E-state index contributed by atoms with van der Waals surface area (Å²) >= 11 is 1.67. The van der Waals surface area contributed by atoms with Crippen molar-refractivity contribution < 1.29 is 4.79 Å². The molecule has 0 aromatic carbocycles. The van der Waals surface area contributed by atoms with E-state index >= 15 is 0 Å². The molecular formula is C19H23N3OS. The van der Waals surface area contributed by atoms with E-state index in [2.05, 4.69) is 21.7 Å². The highest BCUT2D eigenvalue weighted by molar-refractivity contribution is 7.14. The van der Waals surface area contributed by atoms with Gasteiger partial charge in [0.15, 0.2) is 0 Å². The first kappa shape index (κ1) is 15.8. The second-order valence-corrected chi connectivity index (χ2v) is 7.84. The molecule has 1 aliphatic heterocycles. The number of carbonyl (C=O) groups is 1. The summed E-state index contributed by atoms with van der Waals surface area (Å²) in [5, 5.41) is 6.51. The lowest BCUT2D eigenvalue weighted by atomic mass is 9.96. The van der Waals surface area contributed by atoms with Gasteiger partial charge in [-0.15, -0.1) is 11.3 Å². The number of carbonyl (C=O) groups excluding carboxylic acids is 1. The van der Waals surface area contributed by atoms with Crippen LogP contribution >= 0.6 is 11.3 Å². The number of hydrogen-bond donors (Lipinski definition) is 2. The molecule has 24 heavy (non-hydrogen) atoms. The average molecular weight is 341 g/mol. The number of nitrogens with one attached hydrogen (secondary N) is 2. The number of thiophene rings is 1. The standard InChI is InChI=1S/C19H23N3OS/c1-12-16(15-6-7-20-9-14(15)10-21-12)11-22-19(23)18-8-13-4-2-3-5-17(13)24-18/h8,10,20H,2-7,9,11H2,1H3,(H,22,23). The van der Waals surface area contributed by atoms with Crippen molar-refractivity contribution in [2.45, 2.75) is 52.1 Å². The van der Waals surface area contributed by atoms with Gasteiger partial charge in [0.1, 0.15) is 0 Å². The minimum absolute atomic E-state index is 0.0559. The highest BCUT2D eigenvalue weighted by Crippen LogP contribution is 2.29. The van der Waals surface area contributed by atoms with Crippen LogP contribution in [0.25, 0.3) is 0 Å². The van der Waals surface area contributed by atoms with Crippen LogP contribution in [0.3, 0.4) is 0 Å². The summed E-state index contributed by atoms with van der Waals surface area (Å²) in [7, 11) is 0. The van der Waals surface area contributed by atoms with Gasteiger partial charge in [-0.25, -0.2) is 0 Å². The van der Waals surface area contributed by atoms with Crippen molar-refractivity contribution >= 4 is 17.2 Å². The van der Waals surface area contributed by atoms with E-state index in [4.69, 9.17) is 0 Å². The second-order valence-electron chi connectivity index (χ2n) is 6.70. The van der Waals surface area contributed by atoms with Gasteiger partial charge in [0.2, 0.25) is 0 Å². The lowest BCUT2D eigenvalue weighted by Gasteiger charge is -2.21. The van der Waals surface area contributed by atoms with E-state index in [1.165, 1.54) is 40.0 Å². The molecule has 2 N–H and O–H groups in total. The average Bonchev–Trinajstić information content (AvgIpc) is 3.05. The van der Waals surface area contributed by atoms with Crippen molar-refractivity contribution in [3.63, 3.8) is 0 Å². The van der Waals surface area contributed by atoms with Gasteiger partial charge in [0, 0.05) is 29.9 Å². The summed E-state index contributed by atoms with van der Waals surface area (Å²) in [4.78, 5) is 19.4. The first-order valence-corrected chi connectivity index (χ1v) is 9.61. The Kier molecular flexibility index (Phi) is 4.37. The van der Waals surface area contributed by atoms with Gasteiger partial charge in [-0.2, -0.15) is 0 Å². The normalized spacial score (nSPS) is 16.4. The molecule has 4 rings (SSSR count). The minimum Gasteiger partial charge on any atom is -0.347 e. The largest absolute Gasteiger partial charge is 0.347 e. The molecule has 5 heteroatoms. The minimum atomic E-state index is 0.0559. The third-order valence-corrected chi connectivity index (χ3v) is 6.35. The summed E-state index contributed by atoms with van der Waals surface area (Å²) in [6, 6.07) is 2.10. The van der Waals surface area contributed by atoms with E-state index in [0.717, 1.165) is 42.9 Å². The van der Waals surface area contributed by atoms with Crippen LogP contribution in [-0.2, 0) is 32.4 Å². The topological polar surface area (TPSA) is 54.0 Å². The fraction of sp³-hybridized carbons (Fsp3) is 0.474. The zero-order valence-electron chi connectivity index (χ0n) is 14.1. The van der Waals surface area contributed by atoms with E-state index in [9.17, 15) is 4.79 Å². The van der Waals surface area contributed by atoms with E-state index in [1.807, 2.05) is 13.1 Å². The zero-order valence-corrected chi connectivity index (χ0v) is 14.9. The number of aromatic nitrogens is 1. The number of pyridine rings is 1. The molecule has 4 nitrogen and oxygen atoms in total. The van der Waals surface area contributed by atoms with E-state index in [0.29, 0.717) is 6.54 Å². The molecule has 0 unspecified atom stereocenters. The molecule has 0 spiro atoms. The fourth-order valence-electron chi connectivity index (χ4n) is 3.74. The Balaban J connectivity index is 1.51. The second kappa shape index (κ2) is 6.65. The molecule has 0 atom stereocenters. The predicted octanol–water partition coefficient (Wildman–Crippen LogP) is 2.91. The number of nitrogens with zero attached hydrogens (tertiary/aromatic N) is 1. The summed E-state index contributed by atoms with van der Waals surface area (Å²) in [6.07, 6.45) is 7.74. The van der Waals surface area contributed by atoms with Crippen LogP contribution in [-0.4, -0.2) is 17.4 Å². The molecule has 0 bridgehead atoms. The quantitative estimate of drug-likeness (QED) is 0.902. The molecule has 126 valence electrons. The van der Waals surface area contributed by atoms with Crippen molar-refractivity contribution in [3.8, 4) is 0 Å². The lowest BCUT2D eigenvalue weighted by molar-refractivity contribution is 0.0954. The third kappa shape index (κ3) is 2.98. The molecule has 2 aromatic heterocycles. The molecule has 1 aliphatic carbocycles. The molecule has 0 radical (unpaired) electrons. The van der Waals surface area contributed by atoms with Gasteiger partial charge in [-0.1, -0.05) is 0 Å². The van der Waals surface area contributed by atoms with Crippen molar-refractivity contribution in [3.05, 3.63) is 50.0 Å². The van der Waals surface area contributed by atoms with Crippen LogP contribution in [0.4, 0.5) is 0 Å². The van der Waals surface area contributed by atoms with Crippen LogP contribution in [0, 0.1) is 6.92 Å². The Morgan fingerprint density at radius 1 is 1.29 bits per heavy atom. The molecule has 0 saturated carbocycles. The Labute approximate surface area is 146 Å². The molecule has 2 aromatic rings. The first-order valence-electron chi connectivity index (χ1n) is 8.79. The number of amides is 1. The molecule has 0 fully saturated rings. The lowest BCUT2D eigenvalue weighted by Crippen LogP contribution is -2.28. The SMILES string of the molecule is Cc1ncc2c(c1CNC(=O)c1cc3c(s1)CCCC3)CCNC2. The van der Waals surface area contributed by atoms with Gasteiger partial charge in [0.25, 0.3) is 5.91 Å². The van der Waals surface area contributed by atoms with Gasteiger partial charge in [0.05, 0.1) is 4.88 Å². The Morgan fingerprint density at radius 2 is 2.17 bits per heavy atom. The maximum absolute atomic E-state index is 12.6. The van der Waals surface area contributed by atoms with E-state index in [-0.39, 0.29) is 5.91 Å². The molecule has 3 heterocycles. The molecular weight excluding hydrogens is 318 g/mol. The monoisotopic (exact) mass is 341 g/mol. The fourth-order valence-corrected chi connectivity index (χ4v) is 4.91. The van der Waals surface area contributed by atoms with Gasteiger partial charge in [-0.3, -0.25) is 9.78 Å². The third-order valence-electron chi connectivity index (χ3n) is 5.12. The maximum atomic E-state index is 12.6. The van der Waals surface area contributed by atoms with Crippen molar-refractivity contribution in [2.75, 3.05) is 6.54 Å². The molecule has 2 aliphatic rings. The zero-order chi connectivity index (χ0) is 16.5. The van der Waals surface area contributed by atoms with Crippen molar-refractivity contribution in [1.82, 2.24) is 15.6 Å². The Morgan fingerprint density at radius 3 is 3.04 bits per heavy atom. The Hall–Kier alpha value is -1.72. The van der Waals surface area contributed by atoms with Crippen molar-refractivity contribution in [2.24, 2.45) is 0 Å². The maximum Gasteiger partial charge on any atom is 0.261 e. The summed E-state index contributed by atoms with van der Waals surface area (Å²) < 4.78 is 0. The van der Waals surface area contributed by atoms with Gasteiger partial charge < -0.3 is 10.6 Å². The van der Waals surface area contributed by atoms with Gasteiger partial charge >= 0.3 is 0 Å². The summed E-state index contributed by atoms with van der Waals surface area (Å²) in [5.74, 6) is 0.0559. The van der Waals surface area contributed by atoms with Gasteiger partial charge in [-0.05, 0) is 73.9 Å². The summed E-state index contributed by atoms with van der Waals surface area (Å²) in [5.41, 5.74) is 6.25. The van der Waals surface area contributed by atoms with Crippen LogP contribution in [0.5, 0.6) is 0 Å². The Bertz CT molecular complexity index is 758. The number of rotatable bonds is 3. The number of fused-ring (bicyclic) bond motifs is 2. The van der Waals surface area contributed by atoms with E-state index in [1.54, 1.807) is 11.3 Å². The van der Waals surface area contributed by atoms with Crippen molar-refractivity contribution in [1.29, 1.82) is 0 Å². The van der Waals surface area contributed by atoms with Crippen LogP contribution in [0.2, 0.25) is 0 Å². The van der Waals surface area contributed by atoms with Crippen LogP contribution in [0.15, 0.2) is 12.3 Å². The number of hydrogen-bond acceptors (Lipinski definition) is 4. The highest BCUT2D eigenvalue weighted by Gasteiger charge is 2.19. The molecule has 1 amide bonds. The summed E-state index contributed by atoms with van der Waals surface area (Å²) in [6.45, 7) is 4.48. The molecule has 0 saturated heterocycles. The predicted molar refractivity (Wildman–Crippen MR) is 96.5 cm³/mol. The smallest absolute Gasteiger partial charge is 0.261 e. The highest BCUT2D eigenvalue weighted by atomic mass is 32.1. The van der Waals surface area contributed by atoms with Crippen LogP contribution in [0.1, 0.15) is 55.3 Å².